The maximum Gasteiger partial charge on any atom is 0.320 e. The summed E-state index contributed by atoms with van der Waals surface area (Å²) in [6.45, 7) is 6.83. The van der Waals surface area contributed by atoms with Crippen molar-refractivity contribution in [1.29, 1.82) is 0 Å². The molecule has 0 amide bonds. The predicted octanol–water partition coefficient (Wildman–Crippen LogP) is 1.61. The monoisotopic (exact) mass is 212 g/mol. The molecule has 2 atom stereocenters. The first kappa shape index (κ1) is 11.8. The van der Waals surface area contributed by atoms with Crippen LogP contribution < -0.4 is 0 Å². The average Bonchev–Trinajstić information content (AvgIpc) is 2.36. The maximum atomic E-state index is 11.8. The largest absolute Gasteiger partial charge is 0.504 e. The quantitative estimate of drug-likeness (QED) is 0.558. The second-order valence-corrected chi connectivity index (χ2v) is 4.01. The van der Waals surface area contributed by atoms with Crippen LogP contribution in [0.25, 0.3) is 0 Å². The van der Waals surface area contributed by atoms with Crippen LogP contribution in [0, 0.1) is 11.3 Å². The van der Waals surface area contributed by atoms with E-state index in [-0.39, 0.29) is 18.3 Å². The van der Waals surface area contributed by atoms with Crippen LogP contribution >= 0.6 is 0 Å². The van der Waals surface area contributed by atoms with Crippen LogP contribution in [0.2, 0.25) is 0 Å². The van der Waals surface area contributed by atoms with Crippen molar-refractivity contribution in [3.05, 3.63) is 11.3 Å². The number of ether oxygens (including phenoxy) is 1. The molecule has 1 aliphatic carbocycles. The summed E-state index contributed by atoms with van der Waals surface area (Å²) in [4.78, 5) is 23.5. The molecule has 0 aromatic carbocycles. The van der Waals surface area contributed by atoms with Crippen molar-refractivity contribution < 1.29 is 19.4 Å². The fraction of sp³-hybridized carbons (Fsp3) is 0.636. The lowest BCUT2D eigenvalue weighted by Crippen LogP contribution is -2.40. The lowest BCUT2D eigenvalue weighted by atomic mass is 9.77. The van der Waals surface area contributed by atoms with Gasteiger partial charge in [0.15, 0.2) is 5.76 Å². The van der Waals surface area contributed by atoms with Crippen LogP contribution in [0.4, 0.5) is 0 Å². The van der Waals surface area contributed by atoms with Gasteiger partial charge in [-0.05, 0) is 26.3 Å². The Morgan fingerprint density at radius 3 is 2.47 bits per heavy atom. The number of hydrogen-bond acceptors (Lipinski definition) is 4. The van der Waals surface area contributed by atoms with Gasteiger partial charge >= 0.3 is 5.97 Å². The predicted molar refractivity (Wildman–Crippen MR) is 54.2 cm³/mol. The van der Waals surface area contributed by atoms with Crippen LogP contribution in [0.5, 0.6) is 0 Å². The number of ketones is 1. The van der Waals surface area contributed by atoms with Gasteiger partial charge in [-0.25, -0.2) is 0 Å². The van der Waals surface area contributed by atoms with Crippen LogP contribution in [0.3, 0.4) is 0 Å². The van der Waals surface area contributed by atoms with Crippen LogP contribution in [-0.4, -0.2) is 23.5 Å². The average molecular weight is 212 g/mol. The summed E-state index contributed by atoms with van der Waals surface area (Å²) in [5.74, 6) is -1.71. The second kappa shape index (κ2) is 3.68. The Bertz CT molecular complexity index is 342. The van der Waals surface area contributed by atoms with Crippen molar-refractivity contribution in [3.8, 4) is 0 Å². The van der Waals surface area contributed by atoms with Crippen LogP contribution in [0.1, 0.15) is 27.7 Å². The van der Waals surface area contributed by atoms with E-state index in [1.807, 2.05) is 0 Å². The SMILES string of the molecule is CCOC(=O)[C@]1(C)C(=O)C(O)=C(C)[C@@H]1C. The number of esters is 1. The Morgan fingerprint density at radius 1 is 1.60 bits per heavy atom. The minimum atomic E-state index is -1.26. The van der Waals surface area contributed by atoms with Crippen molar-refractivity contribution in [2.24, 2.45) is 11.3 Å². The first-order valence-corrected chi connectivity index (χ1v) is 4.99. The van der Waals surface area contributed by atoms with Gasteiger partial charge < -0.3 is 9.84 Å². The van der Waals surface area contributed by atoms with Crippen LogP contribution in [-0.2, 0) is 14.3 Å². The molecule has 84 valence electrons. The molecule has 0 aromatic heterocycles. The fourth-order valence-corrected chi connectivity index (χ4v) is 1.81. The number of aliphatic hydroxyl groups is 1. The van der Waals surface area contributed by atoms with E-state index in [2.05, 4.69) is 0 Å². The van der Waals surface area contributed by atoms with E-state index in [1.54, 1.807) is 20.8 Å². The zero-order valence-electron chi connectivity index (χ0n) is 9.46. The van der Waals surface area contributed by atoms with E-state index in [4.69, 9.17) is 4.74 Å². The lowest BCUT2D eigenvalue weighted by molar-refractivity contribution is -0.159. The zero-order valence-corrected chi connectivity index (χ0v) is 9.46. The van der Waals surface area contributed by atoms with Gasteiger partial charge in [0.2, 0.25) is 5.78 Å². The van der Waals surface area contributed by atoms with E-state index in [1.165, 1.54) is 6.92 Å². The number of Topliss-reactive ketones (excluding diaryl/α,β-unsaturated/α-hetero) is 1. The number of rotatable bonds is 2. The van der Waals surface area contributed by atoms with E-state index in [0.29, 0.717) is 5.57 Å². The van der Waals surface area contributed by atoms with Gasteiger partial charge in [0.05, 0.1) is 6.61 Å². The Kier molecular flexibility index (Phi) is 2.88. The first-order chi connectivity index (χ1) is 6.87. The van der Waals surface area contributed by atoms with Crippen molar-refractivity contribution in [2.45, 2.75) is 27.7 Å². The highest BCUT2D eigenvalue weighted by molar-refractivity contribution is 6.13. The van der Waals surface area contributed by atoms with Gasteiger partial charge in [0.1, 0.15) is 5.41 Å². The second-order valence-electron chi connectivity index (χ2n) is 4.01. The van der Waals surface area contributed by atoms with Crippen LogP contribution in [0.15, 0.2) is 11.3 Å². The van der Waals surface area contributed by atoms with Crippen molar-refractivity contribution in [1.82, 2.24) is 0 Å². The topological polar surface area (TPSA) is 63.6 Å². The molecule has 0 radical (unpaired) electrons. The molecule has 0 bridgehead atoms. The third-order valence-electron chi connectivity index (χ3n) is 3.28. The lowest BCUT2D eigenvalue weighted by Gasteiger charge is -2.25. The third-order valence-corrected chi connectivity index (χ3v) is 3.28. The van der Waals surface area contributed by atoms with Gasteiger partial charge in [-0.15, -0.1) is 0 Å². The summed E-state index contributed by atoms with van der Waals surface area (Å²) < 4.78 is 4.87. The van der Waals surface area contributed by atoms with Crippen molar-refractivity contribution in [3.63, 3.8) is 0 Å². The summed E-state index contributed by atoms with van der Waals surface area (Å²) >= 11 is 0. The van der Waals surface area contributed by atoms with E-state index < -0.39 is 17.2 Å². The molecule has 0 aromatic rings. The minimum Gasteiger partial charge on any atom is -0.504 e. The van der Waals surface area contributed by atoms with E-state index >= 15 is 0 Å². The highest BCUT2D eigenvalue weighted by Gasteiger charge is 2.54. The molecule has 4 heteroatoms. The molecule has 0 fully saturated rings. The number of hydrogen-bond donors (Lipinski definition) is 1. The smallest absolute Gasteiger partial charge is 0.320 e. The molecule has 1 N–H and O–H groups in total. The summed E-state index contributed by atoms with van der Waals surface area (Å²) in [5.41, 5.74) is -0.708. The zero-order chi connectivity index (χ0) is 11.8. The number of carbonyl (C=O) groups is 2. The molecule has 0 spiro atoms. The molecule has 0 unspecified atom stereocenters. The maximum absolute atomic E-state index is 11.8. The number of allylic oxidation sites excluding steroid dienone is 2. The van der Waals surface area contributed by atoms with Crippen molar-refractivity contribution >= 4 is 11.8 Å². The molecule has 0 heterocycles. The summed E-state index contributed by atoms with van der Waals surface area (Å²) in [6, 6.07) is 0. The fourth-order valence-electron chi connectivity index (χ4n) is 1.81. The van der Waals surface area contributed by atoms with Gasteiger partial charge in [0, 0.05) is 5.92 Å². The Hall–Kier alpha value is -1.32. The number of aliphatic hydroxyl groups excluding tert-OH is 1. The van der Waals surface area contributed by atoms with Gasteiger partial charge in [-0.3, -0.25) is 9.59 Å². The van der Waals surface area contributed by atoms with E-state index in [0.717, 1.165) is 0 Å². The summed E-state index contributed by atoms with van der Waals surface area (Å²) in [5, 5.41) is 9.51. The molecule has 0 saturated carbocycles. The minimum absolute atomic E-state index is 0.230. The Balaban J connectivity index is 3.08. The first-order valence-electron chi connectivity index (χ1n) is 4.99. The standard InChI is InChI=1S/C11H16O4/c1-5-15-10(14)11(4)7(3)6(2)8(12)9(11)13/h7,12H,5H2,1-4H3/t7-,11-/m0/s1. The molecule has 1 aliphatic rings. The summed E-state index contributed by atoms with van der Waals surface area (Å²) in [7, 11) is 0. The Morgan fingerprint density at radius 2 is 2.13 bits per heavy atom. The molecule has 4 nitrogen and oxygen atoms in total. The van der Waals surface area contributed by atoms with Gasteiger partial charge in [-0.2, -0.15) is 0 Å². The van der Waals surface area contributed by atoms with E-state index in [9.17, 15) is 14.7 Å². The number of carbonyl (C=O) groups excluding carboxylic acids is 2. The van der Waals surface area contributed by atoms with Gasteiger partial charge in [-0.1, -0.05) is 6.92 Å². The molecular formula is C11H16O4. The molecule has 0 saturated heterocycles. The summed E-state index contributed by atoms with van der Waals surface area (Å²) in [6.07, 6.45) is 0. The van der Waals surface area contributed by atoms with Gasteiger partial charge in [0.25, 0.3) is 0 Å². The third kappa shape index (κ3) is 1.44. The molecule has 1 rings (SSSR count). The van der Waals surface area contributed by atoms with Crippen molar-refractivity contribution in [2.75, 3.05) is 6.61 Å². The Labute approximate surface area is 88.9 Å². The molecule has 0 aliphatic heterocycles. The molecule has 15 heavy (non-hydrogen) atoms. The normalized spacial score (nSPS) is 30.9. The molecular weight excluding hydrogens is 196 g/mol. The highest BCUT2D eigenvalue weighted by Crippen LogP contribution is 2.43. The highest BCUT2D eigenvalue weighted by atomic mass is 16.5.